The van der Waals surface area contributed by atoms with Crippen molar-refractivity contribution in [3.8, 4) is 5.75 Å². The molecule has 0 spiro atoms. The number of amides is 1. The van der Waals surface area contributed by atoms with Crippen molar-refractivity contribution in [3.05, 3.63) is 58.9 Å². The van der Waals surface area contributed by atoms with Gasteiger partial charge in [-0.05, 0) is 18.9 Å². The average Bonchev–Trinajstić information content (AvgIpc) is 2.58. The van der Waals surface area contributed by atoms with Gasteiger partial charge in [0.1, 0.15) is 5.75 Å². The van der Waals surface area contributed by atoms with Crippen molar-refractivity contribution in [3.63, 3.8) is 0 Å². The normalized spacial score (nSPS) is 10.9. The number of carbonyl (C=O) groups excluding carboxylic acids is 1. The molecule has 0 fully saturated rings. The van der Waals surface area contributed by atoms with Crippen molar-refractivity contribution >= 4 is 12.1 Å². The molecule has 0 aliphatic rings. The molecular formula is C17H19N3O3. The summed E-state index contributed by atoms with van der Waals surface area (Å²) in [5.74, 6) is -0.278. The van der Waals surface area contributed by atoms with Crippen molar-refractivity contribution in [1.82, 2.24) is 10.4 Å². The Morgan fingerprint density at radius 3 is 2.78 bits per heavy atom. The van der Waals surface area contributed by atoms with Gasteiger partial charge in [-0.15, -0.1) is 0 Å². The number of rotatable bonds is 6. The minimum Gasteiger partial charge on any atom is -0.505 e. The molecule has 1 aromatic carbocycles. The molecule has 23 heavy (non-hydrogen) atoms. The quantitative estimate of drug-likeness (QED) is 0.558. The first kappa shape index (κ1) is 16.6. The number of nitrogens with one attached hydrogen (secondary N) is 1. The number of aliphatic hydroxyl groups is 1. The number of aromatic hydroxyl groups is 1. The van der Waals surface area contributed by atoms with Gasteiger partial charge in [-0.3, -0.25) is 9.78 Å². The van der Waals surface area contributed by atoms with Gasteiger partial charge in [0.05, 0.1) is 18.5 Å². The molecule has 0 radical (unpaired) electrons. The van der Waals surface area contributed by atoms with Crippen molar-refractivity contribution < 1.29 is 15.0 Å². The summed E-state index contributed by atoms with van der Waals surface area (Å²) in [6.07, 6.45) is 3.73. The predicted molar refractivity (Wildman–Crippen MR) is 87.1 cm³/mol. The summed E-state index contributed by atoms with van der Waals surface area (Å²) >= 11 is 0. The van der Waals surface area contributed by atoms with Gasteiger partial charge in [0, 0.05) is 23.7 Å². The molecule has 6 heteroatoms. The zero-order valence-corrected chi connectivity index (χ0v) is 12.9. The van der Waals surface area contributed by atoms with Crippen molar-refractivity contribution in [2.24, 2.45) is 5.10 Å². The number of hydrogen-bond donors (Lipinski definition) is 3. The molecule has 1 heterocycles. The molecule has 1 aromatic heterocycles. The van der Waals surface area contributed by atoms with E-state index in [1.807, 2.05) is 30.3 Å². The number of hydrazone groups is 1. The maximum atomic E-state index is 11.8. The van der Waals surface area contributed by atoms with Gasteiger partial charge in [0.15, 0.2) is 0 Å². The van der Waals surface area contributed by atoms with Crippen molar-refractivity contribution in [2.75, 3.05) is 0 Å². The molecule has 0 aliphatic heterocycles. The van der Waals surface area contributed by atoms with E-state index in [1.165, 1.54) is 12.4 Å². The lowest BCUT2D eigenvalue weighted by Gasteiger charge is -2.07. The molecular weight excluding hydrogens is 294 g/mol. The fraction of sp³-hybridized carbons (Fsp3) is 0.235. The van der Waals surface area contributed by atoms with E-state index >= 15 is 0 Å². The first-order valence-electron chi connectivity index (χ1n) is 7.26. The van der Waals surface area contributed by atoms with Crippen LogP contribution in [0, 0.1) is 6.92 Å². The monoisotopic (exact) mass is 313 g/mol. The van der Waals surface area contributed by atoms with E-state index in [2.05, 4.69) is 15.5 Å². The molecule has 3 N–H and O–H groups in total. The second-order valence-corrected chi connectivity index (χ2v) is 5.07. The van der Waals surface area contributed by atoms with E-state index in [4.69, 9.17) is 0 Å². The largest absolute Gasteiger partial charge is 0.505 e. The van der Waals surface area contributed by atoms with Crippen LogP contribution in [0.5, 0.6) is 5.75 Å². The van der Waals surface area contributed by atoms with E-state index < -0.39 is 0 Å². The second-order valence-electron chi connectivity index (χ2n) is 5.07. The Balaban J connectivity index is 1.94. The Morgan fingerprint density at radius 1 is 1.35 bits per heavy atom. The van der Waals surface area contributed by atoms with E-state index in [1.54, 1.807) is 6.92 Å². The first-order valence-corrected chi connectivity index (χ1v) is 7.26. The molecule has 120 valence electrons. The van der Waals surface area contributed by atoms with Crippen LogP contribution in [-0.4, -0.2) is 27.3 Å². The SMILES string of the molecule is Cc1ncc(CO)c(/C=N\NC(=O)CCc2ccccc2)c1O. The summed E-state index contributed by atoms with van der Waals surface area (Å²) in [7, 11) is 0. The molecule has 1 amide bonds. The summed E-state index contributed by atoms with van der Waals surface area (Å²) in [5.41, 5.74) is 4.72. The van der Waals surface area contributed by atoms with Crippen LogP contribution in [0.4, 0.5) is 0 Å². The summed E-state index contributed by atoms with van der Waals surface area (Å²) in [5, 5.41) is 23.0. The lowest BCUT2D eigenvalue weighted by atomic mass is 10.1. The van der Waals surface area contributed by atoms with Crippen LogP contribution < -0.4 is 5.43 Å². The van der Waals surface area contributed by atoms with Crippen molar-refractivity contribution in [2.45, 2.75) is 26.4 Å². The predicted octanol–water partition coefficient (Wildman–Crippen LogP) is 1.67. The standard InChI is InChI=1S/C17H19N3O3/c1-12-17(23)15(14(11-21)9-18-12)10-19-20-16(22)8-7-13-5-3-2-4-6-13/h2-6,9-10,21,23H,7-8,11H2,1H3,(H,20,22)/b19-10-. The number of aromatic nitrogens is 1. The third-order valence-corrected chi connectivity index (χ3v) is 3.39. The summed E-state index contributed by atoms with van der Waals surface area (Å²) in [6, 6.07) is 9.70. The summed E-state index contributed by atoms with van der Waals surface area (Å²) < 4.78 is 0. The Labute approximate surface area is 134 Å². The number of nitrogens with zero attached hydrogens (tertiary/aromatic N) is 2. The highest BCUT2D eigenvalue weighted by Crippen LogP contribution is 2.21. The summed E-state index contributed by atoms with van der Waals surface area (Å²) in [4.78, 5) is 15.7. The van der Waals surface area contributed by atoms with E-state index in [-0.39, 0.29) is 18.3 Å². The number of carbonyl (C=O) groups is 1. The molecule has 0 saturated heterocycles. The Kier molecular flexibility index (Phi) is 5.82. The highest BCUT2D eigenvalue weighted by molar-refractivity contribution is 5.87. The first-order chi connectivity index (χ1) is 11.1. The van der Waals surface area contributed by atoms with Gasteiger partial charge in [0.2, 0.25) is 5.91 Å². The molecule has 0 aliphatic carbocycles. The van der Waals surface area contributed by atoms with Gasteiger partial charge in [-0.1, -0.05) is 30.3 Å². The van der Waals surface area contributed by atoms with Crippen LogP contribution in [0.2, 0.25) is 0 Å². The third-order valence-electron chi connectivity index (χ3n) is 3.39. The summed E-state index contributed by atoms with van der Waals surface area (Å²) in [6.45, 7) is 1.37. The van der Waals surface area contributed by atoms with Crippen LogP contribution >= 0.6 is 0 Å². The lowest BCUT2D eigenvalue weighted by molar-refractivity contribution is -0.121. The van der Waals surface area contributed by atoms with Crippen LogP contribution in [0.3, 0.4) is 0 Å². The smallest absolute Gasteiger partial charge is 0.240 e. The Bertz CT molecular complexity index is 700. The second kappa shape index (κ2) is 8.05. The van der Waals surface area contributed by atoms with Crippen LogP contribution in [0.25, 0.3) is 0 Å². The van der Waals surface area contributed by atoms with Gasteiger partial charge in [-0.2, -0.15) is 5.10 Å². The molecule has 2 rings (SSSR count). The van der Waals surface area contributed by atoms with Crippen LogP contribution in [0.15, 0.2) is 41.6 Å². The van der Waals surface area contributed by atoms with Crippen molar-refractivity contribution in [1.29, 1.82) is 0 Å². The zero-order chi connectivity index (χ0) is 16.7. The maximum absolute atomic E-state index is 11.8. The molecule has 6 nitrogen and oxygen atoms in total. The highest BCUT2D eigenvalue weighted by Gasteiger charge is 2.09. The van der Waals surface area contributed by atoms with E-state index in [0.717, 1.165) is 5.56 Å². The number of aliphatic hydroxyl groups excluding tert-OH is 1. The van der Waals surface area contributed by atoms with Gasteiger partial charge < -0.3 is 10.2 Å². The molecule has 0 unspecified atom stereocenters. The minimum atomic E-state index is -0.274. The number of hydrogen-bond acceptors (Lipinski definition) is 5. The fourth-order valence-corrected chi connectivity index (χ4v) is 2.05. The highest BCUT2D eigenvalue weighted by atomic mass is 16.3. The molecule has 2 aromatic rings. The van der Waals surface area contributed by atoms with E-state index in [0.29, 0.717) is 29.7 Å². The van der Waals surface area contributed by atoms with Crippen LogP contribution in [-0.2, 0) is 17.8 Å². The average molecular weight is 313 g/mol. The number of benzene rings is 1. The lowest BCUT2D eigenvalue weighted by Crippen LogP contribution is -2.18. The topological polar surface area (TPSA) is 94.8 Å². The van der Waals surface area contributed by atoms with Gasteiger partial charge >= 0.3 is 0 Å². The van der Waals surface area contributed by atoms with Gasteiger partial charge in [-0.25, -0.2) is 5.43 Å². The Morgan fingerprint density at radius 2 is 2.09 bits per heavy atom. The van der Waals surface area contributed by atoms with Gasteiger partial charge in [0.25, 0.3) is 0 Å². The van der Waals surface area contributed by atoms with E-state index in [9.17, 15) is 15.0 Å². The minimum absolute atomic E-state index is 0.0566. The Hall–Kier alpha value is -2.73. The number of aryl methyl sites for hydroxylation is 2. The molecule has 0 saturated carbocycles. The third kappa shape index (κ3) is 4.62. The zero-order valence-electron chi connectivity index (χ0n) is 12.9. The fourth-order valence-electron chi connectivity index (χ4n) is 2.05. The molecule has 0 atom stereocenters. The number of pyridine rings is 1. The molecule has 0 bridgehead atoms. The van der Waals surface area contributed by atoms with Crippen LogP contribution in [0.1, 0.15) is 28.8 Å². The maximum Gasteiger partial charge on any atom is 0.240 e.